The third kappa shape index (κ3) is 5.50. The van der Waals surface area contributed by atoms with Gasteiger partial charge in [-0.05, 0) is 51.9 Å². The van der Waals surface area contributed by atoms with Crippen LogP contribution < -0.4 is 10.1 Å². The van der Waals surface area contributed by atoms with Gasteiger partial charge in [-0.25, -0.2) is 0 Å². The summed E-state index contributed by atoms with van der Waals surface area (Å²) in [6.45, 7) is 7.46. The third-order valence-electron chi connectivity index (χ3n) is 2.26. The van der Waals surface area contributed by atoms with E-state index in [9.17, 15) is 0 Å². The van der Waals surface area contributed by atoms with Crippen LogP contribution >= 0.6 is 0 Å². The molecule has 0 saturated carbocycles. The van der Waals surface area contributed by atoms with Crippen molar-refractivity contribution in [1.29, 1.82) is 0 Å². The van der Waals surface area contributed by atoms with Crippen molar-refractivity contribution in [3.05, 3.63) is 30.1 Å². The minimum Gasteiger partial charge on any atom is -0.494 e. The highest BCUT2D eigenvalue weighted by atomic mass is 16.5. The van der Waals surface area contributed by atoms with Crippen LogP contribution in [0.2, 0.25) is 0 Å². The van der Waals surface area contributed by atoms with E-state index in [1.54, 1.807) is 13.3 Å². The molecule has 1 N–H and O–H groups in total. The molecule has 1 aromatic rings. The summed E-state index contributed by atoms with van der Waals surface area (Å²) in [6, 6.07) is 3.79. The lowest BCUT2D eigenvalue weighted by Crippen LogP contribution is -2.36. The fraction of sp³-hybridized carbons (Fsp3) is 0.500. The third-order valence-corrected chi connectivity index (χ3v) is 2.26. The van der Waals surface area contributed by atoms with Crippen LogP contribution in [0.15, 0.2) is 24.4 Å². The van der Waals surface area contributed by atoms with E-state index in [1.807, 2.05) is 18.2 Å². The first-order valence-corrected chi connectivity index (χ1v) is 5.93. The van der Waals surface area contributed by atoms with Crippen LogP contribution in [-0.2, 0) is 0 Å². The molecule has 0 amide bonds. The summed E-state index contributed by atoms with van der Waals surface area (Å²) in [7, 11) is 1.66. The zero-order valence-electron chi connectivity index (χ0n) is 11.2. The van der Waals surface area contributed by atoms with E-state index in [0.29, 0.717) is 0 Å². The first-order valence-electron chi connectivity index (χ1n) is 5.93. The fourth-order valence-electron chi connectivity index (χ4n) is 1.43. The molecule has 0 aliphatic carbocycles. The van der Waals surface area contributed by atoms with Gasteiger partial charge in [0.2, 0.25) is 0 Å². The zero-order chi connectivity index (χ0) is 12.7. The van der Waals surface area contributed by atoms with Crippen LogP contribution in [0.5, 0.6) is 5.75 Å². The molecule has 3 nitrogen and oxygen atoms in total. The van der Waals surface area contributed by atoms with Crippen molar-refractivity contribution in [2.75, 3.05) is 13.7 Å². The van der Waals surface area contributed by atoms with Gasteiger partial charge in [-0.3, -0.25) is 4.98 Å². The Kier molecular flexibility index (Phi) is 5.16. The number of aromatic nitrogens is 1. The second-order valence-electron chi connectivity index (χ2n) is 4.96. The zero-order valence-corrected chi connectivity index (χ0v) is 11.2. The summed E-state index contributed by atoms with van der Waals surface area (Å²) in [5.41, 5.74) is 1.06. The summed E-state index contributed by atoms with van der Waals surface area (Å²) in [5, 5.41) is 3.43. The number of rotatable bonds is 5. The highest BCUT2D eigenvalue weighted by molar-refractivity contribution is 5.52. The van der Waals surface area contributed by atoms with Crippen LogP contribution in [-0.4, -0.2) is 24.2 Å². The smallest absolute Gasteiger partial charge is 0.144 e. The van der Waals surface area contributed by atoms with E-state index in [0.717, 1.165) is 24.4 Å². The average molecular weight is 234 g/mol. The molecule has 0 unspecified atom stereocenters. The summed E-state index contributed by atoms with van der Waals surface area (Å²) in [5.74, 6) is 0.813. The van der Waals surface area contributed by atoms with Crippen molar-refractivity contribution >= 4 is 6.08 Å². The number of hydrogen-bond acceptors (Lipinski definition) is 3. The largest absolute Gasteiger partial charge is 0.494 e. The standard InChI is InChI=1S/C14H22N2O/c1-14(2,3)16-11-6-5-8-12-13(17-4)9-7-10-15-12/h5,7-10,16H,6,11H2,1-4H3/b8-5+. The molecule has 0 spiro atoms. The van der Waals surface area contributed by atoms with Crippen molar-refractivity contribution in [1.82, 2.24) is 10.3 Å². The predicted octanol–water partition coefficient (Wildman–Crippen LogP) is 2.88. The molecule has 0 atom stereocenters. The van der Waals surface area contributed by atoms with Gasteiger partial charge in [0.1, 0.15) is 11.4 Å². The molecule has 0 bridgehead atoms. The molecule has 94 valence electrons. The second kappa shape index (κ2) is 6.40. The number of pyridine rings is 1. The molecule has 17 heavy (non-hydrogen) atoms. The molecule has 0 fully saturated rings. The molecule has 1 rings (SSSR count). The van der Waals surface area contributed by atoms with E-state index in [4.69, 9.17) is 4.74 Å². The molecule has 0 aliphatic heterocycles. The second-order valence-corrected chi connectivity index (χ2v) is 4.96. The molecular weight excluding hydrogens is 212 g/mol. The monoisotopic (exact) mass is 234 g/mol. The minimum absolute atomic E-state index is 0.177. The summed E-state index contributed by atoms with van der Waals surface area (Å²) < 4.78 is 5.23. The molecule has 1 heterocycles. The van der Waals surface area contributed by atoms with Crippen LogP contribution in [0, 0.1) is 0 Å². The molecule has 0 saturated heterocycles. The Labute approximate surface area is 104 Å². The van der Waals surface area contributed by atoms with Crippen molar-refractivity contribution in [2.24, 2.45) is 0 Å². The minimum atomic E-state index is 0.177. The Morgan fingerprint density at radius 2 is 2.18 bits per heavy atom. The normalized spacial score (nSPS) is 12.0. The van der Waals surface area contributed by atoms with Gasteiger partial charge in [0, 0.05) is 11.7 Å². The highest BCUT2D eigenvalue weighted by Gasteiger charge is 2.06. The Hall–Kier alpha value is -1.35. The maximum atomic E-state index is 5.23. The van der Waals surface area contributed by atoms with Crippen LogP contribution in [0.25, 0.3) is 6.08 Å². The maximum absolute atomic E-state index is 5.23. The summed E-state index contributed by atoms with van der Waals surface area (Å²) >= 11 is 0. The van der Waals surface area contributed by atoms with Crippen molar-refractivity contribution in [3.8, 4) is 5.75 Å². The molecule has 0 aromatic carbocycles. The summed E-state index contributed by atoms with van der Waals surface area (Å²) in [4.78, 5) is 4.26. The maximum Gasteiger partial charge on any atom is 0.144 e. The van der Waals surface area contributed by atoms with Gasteiger partial charge in [-0.2, -0.15) is 0 Å². The highest BCUT2D eigenvalue weighted by Crippen LogP contribution is 2.15. The van der Waals surface area contributed by atoms with Gasteiger partial charge in [0.05, 0.1) is 7.11 Å². The Bertz CT molecular complexity index is 367. The first kappa shape index (κ1) is 13.7. The van der Waals surface area contributed by atoms with Gasteiger partial charge in [-0.15, -0.1) is 0 Å². The van der Waals surface area contributed by atoms with Gasteiger partial charge >= 0.3 is 0 Å². The number of hydrogen-bond donors (Lipinski definition) is 1. The van der Waals surface area contributed by atoms with E-state index >= 15 is 0 Å². The van der Waals surface area contributed by atoms with Crippen molar-refractivity contribution in [2.45, 2.75) is 32.7 Å². The van der Waals surface area contributed by atoms with Crippen LogP contribution in [0.3, 0.4) is 0 Å². The SMILES string of the molecule is COc1cccnc1/C=C/CCNC(C)(C)C. The quantitative estimate of drug-likeness (QED) is 0.795. The molecule has 1 aromatic heterocycles. The Balaban J connectivity index is 2.43. The number of nitrogens with one attached hydrogen (secondary N) is 1. The van der Waals surface area contributed by atoms with E-state index < -0.39 is 0 Å². The van der Waals surface area contributed by atoms with Gasteiger partial charge in [0.15, 0.2) is 0 Å². The summed E-state index contributed by atoms with van der Waals surface area (Å²) in [6.07, 6.45) is 6.87. The van der Waals surface area contributed by atoms with Gasteiger partial charge in [0.25, 0.3) is 0 Å². The van der Waals surface area contributed by atoms with E-state index in [2.05, 4.69) is 37.1 Å². The first-order chi connectivity index (χ1) is 8.03. The molecular formula is C14H22N2O. The average Bonchev–Trinajstić information content (AvgIpc) is 2.27. The van der Waals surface area contributed by atoms with Crippen LogP contribution in [0.4, 0.5) is 0 Å². The molecule has 0 radical (unpaired) electrons. The lowest BCUT2D eigenvalue weighted by molar-refractivity contribution is 0.411. The Morgan fingerprint density at radius 1 is 1.41 bits per heavy atom. The number of methoxy groups -OCH3 is 1. The van der Waals surface area contributed by atoms with E-state index in [1.165, 1.54) is 0 Å². The van der Waals surface area contributed by atoms with Crippen molar-refractivity contribution < 1.29 is 4.74 Å². The number of nitrogens with zero attached hydrogens (tertiary/aromatic N) is 1. The lowest BCUT2D eigenvalue weighted by atomic mass is 10.1. The topological polar surface area (TPSA) is 34.1 Å². The fourth-order valence-corrected chi connectivity index (χ4v) is 1.43. The molecule has 3 heteroatoms. The Morgan fingerprint density at radius 3 is 2.82 bits per heavy atom. The molecule has 0 aliphatic rings. The lowest BCUT2D eigenvalue weighted by Gasteiger charge is -2.19. The van der Waals surface area contributed by atoms with Gasteiger partial charge < -0.3 is 10.1 Å². The van der Waals surface area contributed by atoms with Crippen molar-refractivity contribution in [3.63, 3.8) is 0 Å². The number of ether oxygens (including phenoxy) is 1. The van der Waals surface area contributed by atoms with Crippen LogP contribution in [0.1, 0.15) is 32.9 Å². The predicted molar refractivity (Wildman–Crippen MR) is 72.2 cm³/mol. The van der Waals surface area contributed by atoms with E-state index in [-0.39, 0.29) is 5.54 Å². The van der Waals surface area contributed by atoms with Gasteiger partial charge in [-0.1, -0.05) is 6.08 Å².